The van der Waals surface area contributed by atoms with Gasteiger partial charge in [-0.15, -0.1) is 0 Å². The number of aliphatic hydroxyl groups excluding tert-OH is 1. The fourth-order valence-electron chi connectivity index (χ4n) is 1.31. The monoisotopic (exact) mass is 336 g/mol. The van der Waals surface area contributed by atoms with Crippen LogP contribution in [0.15, 0.2) is 27.6 Å². The third kappa shape index (κ3) is 3.79. The van der Waals surface area contributed by atoms with Crippen molar-refractivity contribution < 1.29 is 23.4 Å². The molecule has 100 valence electrons. The highest BCUT2D eigenvalue weighted by Gasteiger charge is 2.18. The predicted octanol–water partition coefficient (Wildman–Crippen LogP) is 1.69. The van der Waals surface area contributed by atoms with Gasteiger partial charge in [-0.1, -0.05) is 0 Å². The number of aliphatic hydroxyl groups is 1. The van der Waals surface area contributed by atoms with Gasteiger partial charge in [0.2, 0.25) is 0 Å². The third-order valence-corrected chi connectivity index (χ3v) is 4.77. The van der Waals surface area contributed by atoms with Gasteiger partial charge in [-0.05, 0) is 47.5 Å². The highest BCUT2D eigenvalue weighted by Crippen LogP contribution is 2.22. The van der Waals surface area contributed by atoms with Crippen molar-refractivity contribution in [3.63, 3.8) is 0 Å². The number of sulfone groups is 1. The second-order valence-corrected chi connectivity index (χ2v) is 6.87. The van der Waals surface area contributed by atoms with E-state index in [4.69, 9.17) is 10.2 Å². The molecule has 7 heteroatoms. The number of benzene rings is 1. The highest BCUT2D eigenvalue weighted by molar-refractivity contribution is 9.10. The lowest BCUT2D eigenvalue weighted by atomic mass is 10.2. The van der Waals surface area contributed by atoms with Gasteiger partial charge in [0.1, 0.15) is 0 Å². The van der Waals surface area contributed by atoms with Crippen molar-refractivity contribution in [2.45, 2.75) is 24.3 Å². The minimum Gasteiger partial charge on any atom is -0.478 e. The van der Waals surface area contributed by atoms with Crippen molar-refractivity contribution in [2.75, 3.05) is 5.75 Å². The molecule has 1 rings (SSSR count). The molecule has 0 spiro atoms. The highest BCUT2D eigenvalue weighted by atomic mass is 79.9. The summed E-state index contributed by atoms with van der Waals surface area (Å²) in [6, 6.07) is 3.84. The van der Waals surface area contributed by atoms with Crippen molar-refractivity contribution in [2.24, 2.45) is 0 Å². The van der Waals surface area contributed by atoms with Gasteiger partial charge in [0.15, 0.2) is 9.84 Å². The van der Waals surface area contributed by atoms with E-state index in [1.54, 1.807) is 0 Å². The van der Waals surface area contributed by atoms with Crippen LogP contribution in [0.3, 0.4) is 0 Å². The zero-order valence-corrected chi connectivity index (χ0v) is 12.0. The molecule has 0 radical (unpaired) electrons. The van der Waals surface area contributed by atoms with Crippen LogP contribution in [0.25, 0.3) is 0 Å². The zero-order chi connectivity index (χ0) is 13.9. The largest absolute Gasteiger partial charge is 0.478 e. The molecule has 0 bridgehead atoms. The van der Waals surface area contributed by atoms with E-state index < -0.39 is 21.9 Å². The van der Waals surface area contributed by atoms with Gasteiger partial charge in [0.05, 0.1) is 22.3 Å². The van der Waals surface area contributed by atoms with Gasteiger partial charge in [0.25, 0.3) is 0 Å². The van der Waals surface area contributed by atoms with Gasteiger partial charge in [-0.25, -0.2) is 13.2 Å². The molecular formula is C11H13BrO5S. The molecule has 1 aromatic rings. The summed E-state index contributed by atoms with van der Waals surface area (Å²) in [4.78, 5) is 10.9. The number of hydrogen-bond acceptors (Lipinski definition) is 4. The first-order chi connectivity index (χ1) is 8.24. The molecule has 1 atom stereocenters. The molecule has 0 saturated heterocycles. The first-order valence-corrected chi connectivity index (χ1v) is 7.62. The number of carbonyl (C=O) groups is 1. The Morgan fingerprint density at radius 3 is 2.56 bits per heavy atom. The van der Waals surface area contributed by atoms with E-state index in [9.17, 15) is 13.2 Å². The molecule has 0 aromatic heterocycles. The molecule has 2 N–H and O–H groups in total. The summed E-state index contributed by atoms with van der Waals surface area (Å²) in [5.41, 5.74) is -0.104. The Morgan fingerprint density at radius 2 is 2.06 bits per heavy atom. The summed E-state index contributed by atoms with van der Waals surface area (Å²) >= 11 is 3.04. The van der Waals surface area contributed by atoms with Crippen LogP contribution in [0.4, 0.5) is 0 Å². The Morgan fingerprint density at radius 1 is 1.44 bits per heavy atom. The summed E-state index contributed by atoms with van der Waals surface area (Å²) < 4.78 is 24.1. The Labute approximate surface area is 113 Å². The lowest BCUT2D eigenvalue weighted by molar-refractivity contribution is 0.0695. The normalized spacial score (nSPS) is 13.3. The Bertz CT molecular complexity index is 551. The number of rotatable bonds is 5. The van der Waals surface area contributed by atoms with Gasteiger partial charge in [-0.2, -0.15) is 0 Å². The van der Waals surface area contributed by atoms with Crippen LogP contribution in [-0.2, 0) is 9.84 Å². The van der Waals surface area contributed by atoms with Crippen LogP contribution in [0.2, 0.25) is 0 Å². The molecule has 0 fully saturated rings. The van der Waals surface area contributed by atoms with Gasteiger partial charge < -0.3 is 10.2 Å². The molecule has 0 aliphatic heterocycles. The van der Waals surface area contributed by atoms with E-state index >= 15 is 0 Å². The van der Waals surface area contributed by atoms with Crippen molar-refractivity contribution in [3.8, 4) is 0 Å². The fourth-order valence-corrected chi connectivity index (χ4v) is 3.18. The summed E-state index contributed by atoms with van der Waals surface area (Å²) in [5, 5.41) is 18.0. The molecule has 0 saturated carbocycles. The molecule has 5 nitrogen and oxygen atoms in total. The quantitative estimate of drug-likeness (QED) is 0.853. The number of carboxylic acids is 1. The van der Waals surface area contributed by atoms with E-state index in [1.165, 1.54) is 19.1 Å². The third-order valence-electron chi connectivity index (χ3n) is 2.33. The van der Waals surface area contributed by atoms with Gasteiger partial charge in [-0.3, -0.25) is 0 Å². The van der Waals surface area contributed by atoms with Crippen molar-refractivity contribution in [3.05, 3.63) is 28.2 Å². The van der Waals surface area contributed by atoms with Gasteiger partial charge in [0, 0.05) is 4.47 Å². The van der Waals surface area contributed by atoms with Crippen molar-refractivity contribution in [1.82, 2.24) is 0 Å². The topological polar surface area (TPSA) is 91.7 Å². The Kier molecular flexibility index (Phi) is 4.89. The van der Waals surface area contributed by atoms with E-state index in [0.29, 0.717) is 4.47 Å². The van der Waals surface area contributed by atoms with Crippen LogP contribution in [0.1, 0.15) is 23.7 Å². The smallest absolute Gasteiger partial charge is 0.336 e. The van der Waals surface area contributed by atoms with Crippen molar-refractivity contribution in [1.29, 1.82) is 0 Å². The average Bonchev–Trinajstić information content (AvgIpc) is 2.26. The van der Waals surface area contributed by atoms with Gasteiger partial charge >= 0.3 is 5.97 Å². The second kappa shape index (κ2) is 5.81. The molecular weight excluding hydrogens is 324 g/mol. The number of carboxylic acid groups (broad SMARTS) is 1. The molecule has 0 aliphatic carbocycles. The molecule has 1 unspecified atom stereocenters. The van der Waals surface area contributed by atoms with E-state index in [0.717, 1.165) is 6.07 Å². The molecule has 0 amide bonds. The SMILES string of the molecule is CC(O)CCS(=O)(=O)c1ccc(Br)c(C(=O)O)c1. The van der Waals surface area contributed by atoms with Crippen LogP contribution >= 0.6 is 15.9 Å². The number of aromatic carboxylic acids is 1. The average molecular weight is 337 g/mol. The van der Waals surface area contributed by atoms with Crippen LogP contribution < -0.4 is 0 Å². The number of hydrogen-bond donors (Lipinski definition) is 2. The van der Waals surface area contributed by atoms with Crippen molar-refractivity contribution >= 4 is 31.7 Å². The zero-order valence-electron chi connectivity index (χ0n) is 9.63. The molecule has 0 aliphatic rings. The lowest BCUT2D eigenvalue weighted by Crippen LogP contribution is -2.13. The van der Waals surface area contributed by atoms with E-state index in [1.807, 2.05) is 0 Å². The van der Waals surface area contributed by atoms with E-state index in [2.05, 4.69) is 15.9 Å². The Balaban J connectivity index is 3.10. The lowest BCUT2D eigenvalue weighted by Gasteiger charge is -2.08. The second-order valence-electron chi connectivity index (χ2n) is 3.90. The summed E-state index contributed by atoms with van der Waals surface area (Å²) in [7, 11) is -3.57. The summed E-state index contributed by atoms with van der Waals surface area (Å²) in [5.74, 6) is -1.42. The predicted molar refractivity (Wildman–Crippen MR) is 69.5 cm³/mol. The molecule has 18 heavy (non-hydrogen) atoms. The molecule has 1 aromatic carbocycles. The fraction of sp³-hybridized carbons (Fsp3) is 0.364. The van der Waals surface area contributed by atoms with Crippen LogP contribution in [-0.4, -0.2) is 36.5 Å². The minimum absolute atomic E-state index is 0.0521. The van der Waals surface area contributed by atoms with Crippen LogP contribution in [0.5, 0.6) is 0 Å². The van der Waals surface area contributed by atoms with Crippen LogP contribution in [0, 0.1) is 0 Å². The maximum atomic E-state index is 11.9. The first-order valence-electron chi connectivity index (χ1n) is 5.17. The first kappa shape index (κ1) is 15.1. The summed E-state index contributed by atoms with van der Waals surface area (Å²) in [6.07, 6.45) is -0.602. The standard InChI is InChI=1S/C11H13BrO5S/c1-7(13)4-5-18(16,17)8-2-3-10(12)9(6-8)11(14)15/h2-3,6-7,13H,4-5H2,1H3,(H,14,15). The Hall–Kier alpha value is -0.920. The minimum atomic E-state index is -3.57. The maximum Gasteiger partial charge on any atom is 0.336 e. The van der Waals surface area contributed by atoms with E-state index in [-0.39, 0.29) is 22.6 Å². The maximum absolute atomic E-state index is 11.9. The summed E-state index contributed by atoms with van der Waals surface area (Å²) in [6.45, 7) is 1.50. The molecule has 0 heterocycles. The number of halogens is 1.